The first-order chi connectivity index (χ1) is 39.1. The third-order valence-corrected chi connectivity index (χ3v) is 12.0. The second-order valence-corrected chi connectivity index (χ2v) is 18.6. The van der Waals surface area contributed by atoms with Gasteiger partial charge in [-0.2, -0.15) is 0 Å². The van der Waals surface area contributed by atoms with Crippen LogP contribution in [0.15, 0.2) is 140 Å². The number of hydrogen-bond donors (Lipinski definition) is 19. The Morgan fingerprint density at radius 1 is 0.512 bits per heavy atom. The van der Waals surface area contributed by atoms with Gasteiger partial charge >= 0.3 is 0 Å². The Balaban J connectivity index is 1.30. The van der Waals surface area contributed by atoms with Gasteiger partial charge in [0.1, 0.15) is 12.3 Å². The lowest BCUT2D eigenvalue weighted by Crippen LogP contribution is -2.68. The fourth-order valence-corrected chi connectivity index (χ4v) is 7.89. The normalized spacial score (nSPS) is 13.1. The van der Waals surface area contributed by atoms with Crippen LogP contribution < -0.4 is 81.4 Å². The third-order valence-electron chi connectivity index (χ3n) is 11.5. The Morgan fingerprint density at radius 2 is 0.902 bits per heavy atom. The first-order valence-corrected chi connectivity index (χ1v) is 25.3. The Morgan fingerprint density at radius 3 is 1.33 bits per heavy atom. The summed E-state index contributed by atoms with van der Waals surface area (Å²) in [6.45, 7) is -0.335. The first-order valence-electron chi connectivity index (χ1n) is 24.5. The van der Waals surface area contributed by atoms with E-state index in [4.69, 9.17) is 83.5 Å². The van der Waals surface area contributed by atoms with Gasteiger partial charge in [0.2, 0.25) is 11.9 Å². The molecule has 0 saturated heterocycles. The lowest BCUT2D eigenvalue weighted by Gasteiger charge is -2.31. The van der Waals surface area contributed by atoms with Crippen LogP contribution in [-0.2, 0) is 30.5 Å². The molecule has 6 unspecified atom stereocenters. The quantitative estimate of drug-likeness (QED) is 0.0157. The molecule has 0 aliphatic heterocycles. The first kappa shape index (κ1) is 60.9. The molecule has 27 nitrogen and oxygen atoms in total. The molecule has 24 N–H and O–H groups in total. The maximum atomic E-state index is 14.6. The zero-order chi connectivity index (χ0) is 59.5. The van der Waals surface area contributed by atoms with Crippen molar-refractivity contribution in [1.29, 1.82) is 21.6 Å². The summed E-state index contributed by atoms with van der Waals surface area (Å²) in [5.74, 6) is -9.31. The van der Waals surface area contributed by atoms with Crippen LogP contribution in [0.25, 0.3) is 34.7 Å². The molecule has 6 rings (SSSR count). The number of aromatic nitrogens is 2. The van der Waals surface area contributed by atoms with Crippen molar-refractivity contribution in [2.24, 2.45) is 28.7 Å². The number of guanidine groups is 4. The van der Waals surface area contributed by atoms with Gasteiger partial charge in [-0.1, -0.05) is 145 Å². The number of halogens is 2. The molecule has 1 aromatic heterocycles. The molecule has 0 bridgehead atoms. The number of anilines is 1. The van der Waals surface area contributed by atoms with Crippen LogP contribution in [0, 0.1) is 21.6 Å². The van der Waals surface area contributed by atoms with E-state index in [0.717, 1.165) is 16.7 Å². The molecule has 0 spiro atoms. The van der Waals surface area contributed by atoms with E-state index in [-0.39, 0.29) is 19.0 Å². The lowest BCUT2D eigenvalue weighted by molar-refractivity contribution is -0.135. The number of aliphatic hydroxyl groups is 1. The highest BCUT2D eigenvalue weighted by Gasteiger charge is 2.34. The fourth-order valence-electron chi connectivity index (χ4n) is 7.64. The molecule has 6 atom stereocenters. The van der Waals surface area contributed by atoms with Crippen LogP contribution in [0.2, 0.25) is 10.0 Å². The van der Waals surface area contributed by atoms with Crippen molar-refractivity contribution in [1.82, 2.24) is 57.8 Å². The molecule has 0 fully saturated rings. The summed E-state index contributed by atoms with van der Waals surface area (Å²) in [5.41, 5.74) is 32.5. The summed E-state index contributed by atoms with van der Waals surface area (Å²) in [5, 5.41) is 64.9. The average Bonchev–Trinajstić information content (AvgIpc) is 3.65. The molecule has 6 aromatic rings. The number of amides is 5. The van der Waals surface area contributed by atoms with Gasteiger partial charge in [0.05, 0.1) is 11.4 Å². The molecule has 5 aromatic carbocycles. The van der Waals surface area contributed by atoms with Crippen molar-refractivity contribution in [3.63, 3.8) is 0 Å². The number of nitrogens with one attached hydrogen (secondary N) is 13. The zero-order valence-corrected chi connectivity index (χ0v) is 44.8. The van der Waals surface area contributed by atoms with Gasteiger partial charge in [-0.05, 0) is 52.6 Å². The number of carbonyl (C=O) groups excluding carboxylic acids is 5. The Hall–Kier alpha value is -10.4. The molecule has 426 valence electrons. The van der Waals surface area contributed by atoms with E-state index in [2.05, 4.69) is 47.9 Å². The average molecular weight is 1160 g/mol. The van der Waals surface area contributed by atoms with E-state index in [1.165, 1.54) is 0 Å². The van der Waals surface area contributed by atoms with Crippen molar-refractivity contribution < 1.29 is 29.1 Å². The van der Waals surface area contributed by atoms with Gasteiger partial charge in [-0.3, -0.25) is 50.9 Å². The van der Waals surface area contributed by atoms with Crippen molar-refractivity contribution in [2.75, 3.05) is 11.4 Å². The lowest BCUT2D eigenvalue weighted by atomic mass is 10.1. The molecule has 5 amide bonds. The third kappa shape index (κ3) is 18.4. The molecule has 0 aliphatic carbocycles. The zero-order valence-electron chi connectivity index (χ0n) is 43.3. The van der Waals surface area contributed by atoms with Crippen LogP contribution in [-0.4, -0.2) is 106 Å². The minimum atomic E-state index is -2.06. The Kier molecular flexibility index (Phi) is 21.6. The van der Waals surface area contributed by atoms with Crippen LogP contribution in [0.5, 0.6) is 0 Å². The smallest absolute Gasteiger partial charge is 0.265 e. The summed E-state index contributed by atoms with van der Waals surface area (Å²) >= 11 is 12.6. The molecule has 0 radical (unpaired) electrons. The van der Waals surface area contributed by atoms with Crippen LogP contribution >= 0.6 is 23.2 Å². The molecule has 0 saturated carbocycles. The monoisotopic (exact) mass is 1160 g/mol. The second-order valence-electron chi connectivity index (χ2n) is 17.7. The number of rotatable bonds is 25. The summed E-state index contributed by atoms with van der Waals surface area (Å²) in [6.07, 6.45) is -5.36. The van der Waals surface area contributed by atoms with Crippen LogP contribution in [0.3, 0.4) is 0 Å². The van der Waals surface area contributed by atoms with E-state index in [9.17, 15) is 29.1 Å². The van der Waals surface area contributed by atoms with Gasteiger partial charge in [0, 0.05) is 34.3 Å². The van der Waals surface area contributed by atoms with Crippen molar-refractivity contribution >= 4 is 94.7 Å². The minimum Gasteiger partial charge on any atom is -0.372 e. The highest BCUT2D eigenvalue weighted by molar-refractivity contribution is 6.31. The minimum absolute atomic E-state index is 0.0346. The van der Waals surface area contributed by atoms with Crippen LogP contribution in [0.1, 0.15) is 28.3 Å². The number of benzene rings is 5. The Labute approximate surface area is 479 Å². The number of primary amides is 1. The summed E-state index contributed by atoms with van der Waals surface area (Å²) in [6, 6.07) is 40.1. The second kappa shape index (κ2) is 29.0. The summed E-state index contributed by atoms with van der Waals surface area (Å²) < 4.78 is 0. The van der Waals surface area contributed by atoms with Crippen molar-refractivity contribution in [3.05, 3.63) is 172 Å². The standard InChI is InChI=1S/C53H59Cl2N21O6/c54-34-21-17-31(18-22-34)36-25-37(32-19-23-35(55)24-20-32)67-53(66-36)76(27-30-15-13-29(14-16-30)12-11-28-7-3-1-4-8-28)38(77)26-65-39(33-9-5-2-6-10-33)45(79)69-42(73-50(59)60)47(81)71-44(75-52(63)64)48(82)70-43(74-51(61)62)46(80)68-41(40(56)78)72-49(57)58/h1-25,38-39,41-44,65,77H,26-27H2,(H2,56,78)(H,68,80)(H,69,79)(H,70,82)(H,71,81)(H4,57,58,72)(H4,59,60,73)(H4,61,62,74)(H4,63,64,75)/b12-11+. The van der Waals surface area contributed by atoms with E-state index in [1.54, 1.807) is 89.8 Å². The Bertz CT molecular complexity index is 3230. The van der Waals surface area contributed by atoms with Gasteiger partial charge in [-0.15, -0.1) is 0 Å². The van der Waals surface area contributed by atoms with Gasteiger partial charge in [0.25, 0.3) is 23.6 Å². The number of nitrogens with two attached hydrogens (primary N) is 5. The van der Waals surface area contributed by atoms with Crippen molar-refractivity contribution in [2.45, 2.75) is 43.5 Å². The van der Waals surface area contributed by atoms with E-state index >= 15 is 0 Å². The predicted octanol–water partition coefficient (Wildman–Crippen LogP) is 0.130. The summed E-state index contributed by atoms with van der Waals surface area (Å²) in [7, 11) is 0. The molecule has 29 heteroatoms. The van der Waals surface area contributed by atoms with Gasteiger partial charge in [0.15, 0.2) is 48.5 Å². The van der Waals surface area contributed by atoms with Crippen molar-refractivity contribution in [3.8, 4) is 22.5 Å². The van der Waals surface area contributed by atoms with Gasteiger partial charge < -0.3 is 81.2 Å². The SMILES string of the molecule is N=C(N)NC(NC(=O)C(NC(=N)N)NC(=O)C(NC(=N)N)NC(=O)C(NC(=N)N)NC(=O)C(NCC(O)N(Cc1ccc(/C=C/c2ccccc2)cc1)c1nc(-c2ccc(Cl)cc2)cc(-c2ccc(Cl)cc2)n1)c1ccccc1)C(N)=O. The van der Waals surface area contributed by atoms with E-state index in [0.29, 0.717) is 38.1 Å². The number of aliphatic hydroxyl groups excluding tert-OH is 1. The molecular weight excluding hydrogens is 1100 g/mol. The molecular formula is C53H59Cl2N21O6. The van der Waals surface area contributed by atoms with E-state index < -0.39 is 90.3 Å². The van der Waals surface area contributed by atoms with Gasteiger partial charge in [-0.25, -0.2) is 9.97 Å². The number of hydrogen-bond acceptors (Lipinski definition) is 14. The highest BCUT2D eigenvalue weighted by Crippen LogP contribution is 2.30. The summed E-state index contributed by atoms with van der Waals surface area (Å²) in [4.78, 5) is 79.0. The molecule has 82 heavy (non-hydrogen) atoms. The maximum absolute atomic E-state index is 14.6. The largest absolute Gasteiger partial charge is 0.372 e. The topological polar surface area (TPSA) is 468 Å². The van der Waals surface area contributed by atoms with E-state index in [1.807, 2.05) is 66.7 Å². The predicted molar refractivity (Wildman–Crippen MR) is 311 cm³/mol. The fraction of sp³-hybridized carbons (Fsp3) is 0.151. The molecule has 1 heterocycles. The highest BCUT2D eigenvalue weighted by atomic mass is 35.5. The molecule has 0 aliphatic rings. The number of carbonyl (C=O) groups is 5. The number of nitrogens with zero attached hydrogens (tertiary/aromatic N) is 3. The maximum Gasteiger partial charge on any atom is 0.265 e. The van der Waals surface area contributed by atoms with Crippen LogP contribution in [0.4, 0.5) is 5.95 Å².